The number of carbonyl (C=O) groups excluding carboxylic acids is 2. The highest BCUT2D eigenvalue weighted by molar-refractivity contribution is 7.86. The van der Waals surface area contributed by atoms with E-state index < -0.39 is 99.9 Å². The van der Waals surface area contributed by atoms with Gasteiger partial charge in [0, 0.05) is 32.8 Å². The molecule has 1 aromatic carbocycles. The summed E-state index contributed by atoms with van der Waals surface area (Å²) in [5.41, 5.74) is -1.99. The van der Waals surface area contributed by atoms with E-state index in [2.05, 4.69) is 0 Å². The Kier molecular flexibility index (Phi) is 14.2. The number of likely N-dealkylation sites (N-methyl/N-ethyl adjacent to an activating group) is 1. The highest BCUT2D eigenvalue weighted by Crippen LogP contribution is 2.52. The molecule has 61 heavy (non-hydrogen) atoms. The van der Waals surface area contributed by atoms with Crippen molar-refractivity contribution in [2.45, 2.75) is 191 Å². The molecule has 0 saturated carbocycles. The van der Waals surface area contributed by atoms with Gasteiger partial charge in [-0.15, -0.1) is 0 Å². The van der Waals surface area contributed by atoms with Gasteiger partial charge in [0.05, 0.1) is 52.8 Å². The van der Waals surface area contributed by atoms with Crippen molar-refractivity contribution in [3.63, 3.8) is 0 Å². The maximum Gasteiger partial charge on any atom is 0.311 e. The number of rotatable bonds is 12. The molecule has 0 N–H and O–H groups in total. The van der Waals surface area contributed by atoms with E-state index in [-0.39, 0.29) is 35.5 Å². The summed E-state index contributed by atoms with van der Waals surface area (Å²) in [6, 6.07) is 7.68. The zero-order valence-electron chi connectivity index (χ0n) is 38.4. The van der Waals surface area contributed by atoms with Gasteiger partial charge >= 0.3 is 11.9 Å². The van der Waals surface area contributed by atoms with Crippen molar-refractivity contribution in [3.8, 4) is 0 Å². The van der Waals surface area contributed by atoms with Crippen molar-refractivity contribution < 1.29 is 64.8 Å². The summed E-state index contributed by atoms with van der Waals surface area (Å²) in [4.78, 5) is 29.3. The van der Waals surface area contributed by atoms with Gasteiger partial charge in [-0.2, -0.15) is 8.42 Å². The fourth-order valence-corrected chi connectivity index (χ4v) is 11.6. The highest BCUT2D eigenvalue weighted by atomic mass is 32.2. The van der Waals surface area contributed by atoms with Crippen LogP contribution in [0.1, 0.15) is 102 Å². The normalized spacial score (nSPS) is 43.3. The second-order valence-corrected chi connectivity index (χ2v) is 20.4. The average molecular weight is 880 g/mol. The summed E-state index contributed by atoms with van der Waals surface area (Å²) in [6.07, 6.45) is -5.61. The molecule has 5 heterocycles. The molecule has 4 saturated heterocycles. The Morgan fingerprint density at radius 1 is 0.951 bits per heavy atom. The van der Waals surface area contributed by atoms with Crippen molar-refractivity contribution in [3.05, 3.63) is 41.7 Å². The van der Waals surface area contributed by atoms with Gasteiger partial charge in [0.1, 0.15) is 35.3 Å². The first-order chi connectivity index (χ1) is 28.5. The summed E-state index contributed by atoms with van der Waals surface area (Å²) >= 11 is 0. The van der Waals surface area contributed by atoms with Gasteiger partial charge in [-0.25, -0.2) is 0 Å². The van der Waals surface area contributed by atoms with Gasteiger partial charge in [-0.05, 0) is 93.1 Å². The Bertz CT molecular complexity index is 1880. The SMILES string of the molecule is CC[C@@H]1O[C@@]1(C)[C@@H]1OC(=O)[C@H](C)[C@@H](OC2C[C@@](C)(OC)[C@@H](OS(=O)(=O)c3ccccc3)[C@H](C)O2)[C@H](C)[C@@H](OC2O[C@H](C)C[C@H](N(C)C)[C@H]2OC(C)=O)[C@@]2(C)CC(C)=C(O2)[C@@H]1C. The molecule has 1 aromatic rings. The van der Waals surface area contributed by atoms with Gasteiger partial charge in [-0.3, -0.25) is 13.8 Å². The number of hydrogen-bond donors (Lipinski definition) is 0. The summed E-state index contributed by atoms with van der Waals surface area (Å²) < 4.78 is 91.8. The van der Waals surface area contributed by atoms with Crippen molar-refractivity contribution in [1.82, 2.24) is 4.90 Å². The summed E-state index contributed by atoms with van der Waals surface area (Å²) in [5, 5.41) is 0. The van der Waals surface area contributed by atoms with Crippen LogP contribution in [0.4, 0.5) is 0 Å². The maximum absolute atomic E-state index is 14.7. The summed E-state index contributed by atoms with van der Waals surface area (Å²) in [7, 11) is 1.15. The van der Waals surface area contributed by atoms with E-state index in [9.17, 15) is 18.0 Å². The van der Waals surface area contributed by atoms with Crippen LogP contribution in [0, 0.1) is 17.8 Å². The third kappa shape index (κ3) is 9.58. The fraction of sp³-hybridized carbons (Fsp3) is 0.778. The number of cyclic esters (lactones) is 1. The van der Waals surface area contributed by atoms with E-state index in [4.69, 9.17) is 46.8 Å². The molecule has 5 aliphatic heterocycles. The number of fused-ring (bicyclic) bond motifs is 2. The third-order valence-corrected chi connectivity index (χ3v) is 15.0. The quantitative estimate of drug-likeness (QED) is 0.138. The molecule has 0 spiro atoms. The molecular weight excluding hydrogens is 811 g/mol. The number of epoxide rings is 1. The molecular formula is C45H69NO14S. The molecule has 0 radical (unpaired) electrons. The first-order valence-corrected chi connectivity index (χ1v) is 23.1. The lowest BCUT2D eigenvalue weighted by Gasteiger charge is -2.49. The smallest absolute Gasteiger partial charge is 0.311 e. The molecule has 0 aromatic heterocycles. The van der Waals surface area contributed by atoms with Crippen LogP contribution in [0.5, 0.6) is 0 Å². The van der Waals surface area contributed by atoms with E-state index in [0.29, 0.717) is 18.6 Å². The number of carbonyl (C=O) groups is 2. The van der Waals surface area contributed by atoms with E-state index >= 15 is 0 Å². The minimum Gasteiger partial charge on any atom is -0.488 e. The number of ether oxygens (including phenoxy) is 9. The summed E-state index contributed by atoms with van der Waals surface area (Å²) in [5.74, 6) is -2.15. The van der Waals surface area contributed by atoms with Crippen molar-refractivity contribution in [2.24, 2.45) is 17.8 Å². The zero-order chi connectivity index (χ0) is 45.0. The van der Waals surface area contributed by atoms with Gasteiger partial charge in [-0.1, -0.05) is 39.0 Å². The molecule has 2 bridgehead atoms. The molecule has 5 aliphatic rings. The number of benzene rings is 1. The molecule has 2 unspecified atom stereocenters. The van der Waals surface area contributed by atoms with Crippen LogP contribution in [0.2, 0.25) is 0 Å². The number of esters is 2. The predicted octanol–water partition coefficient (Wildman–Crippen LogP) is 5.92. The lowest BCUT2D eigenvalue weighted by molar-refractivity contribution is -0.315. The van der Waals surface area contributed by atoms with Gasteiger partial charge < -0.3 is 47.5 Å². The lowest BCUT2D eigenvalue weighted by atomic mass is 9.79. The molecule has 16 heteroatoms. The van der Waals surface area contributed by atoms with E-state index in [1.807, 2.05) is 67.5 Å². The number of methoxy groups -OCH3 is 1. The van der Waals surface area contributed by atoms with Gasteiger partial charge in [0.25, 0.3) is 10.1 Å². The average Bonchev–Trinajstić information content (AvgIpc) is 3.77. The molecule has 15 nitrogen and oxygen atoms in total. The maximum atomic E-state index is 14.7. The van der Waals surface area contributed by atoms with Crippen LogP contribution in [-0.4, -0.2) is 131 Å². The first kappa shape index (κ1) is 47.8. The van der Waals surface area contributed by atoms with Crippen LogP contribution in [0.3, 0.4) is 0 Å². The van der Waals surface area contributed by atoms with Crippen LogP contribution >= 0.6 is 0 Å². The van der Waals surface area contributed by atoms with Crippen LogP contribution in [-0.2, 0) is 66.5 Å². The number of nitrogens with zero attached hydrogens (tertiary/aromatic N) is 1. The van der Waals surface area contributed by atoms with Crippen molar-refractivity contribution >= 4 is 22.1 Å². The van der Waals surface area contributed by atoms with Crippen molar-refractivity contribution in [1.29, 1.82) is 0 Å². The van der Waals surface area contributed by atoms with Crippen LogP contribution in [0.15, 0.2) is 46.6 Å². The molecule has 0 aliphatic carbocycles. The second-order valence-electron chi connectivity index (χ2n) is 18.8. The lowest BCUT2D eigenvalue weighted by Crippen LogP contribution is -2.61. The Labute approximate surface area is 362 Å². The van der Waals surface area contributed by atoms with E-state index in [1.54, 1.807) is 39.0 Å². The largest absolute Gasteiger partial charge is 0.488 e. The molecule has 17 atom stereocenters. The Balaban J connectivity index is 1.39. The standard InChI is InChI=1S/C45H69NO14S/c1-15-33-45(11,58-33)39-26(4)35-24(2)22-44(10,59-35)38(57-42-37(54-30(8)47)32(46(12)13)21-25(3)52-42)27(5)36(28(6)41(48)56-39)55-34-23-43(9,51-14)40(29(7)53-34)60-61(49,50)31-19-17-16-18-20-31/h16-20,25-29,32-34,36-40,42H,15,21-23H2,1-14H3/t25-,26+,27+,28-,29+,32+,33+,34?,36+,37-,38-,39-,40+,42?,43-,44-,45-/m1/s1. The van der Waals surface area contributed by atoms with Gasteiger partial charge in [0.2, 0.25) is 0 Å². The minimum atomic E-state index is -4.20. The molecule has 6 rings (SSSR count). The van der Waals surface area contributed by atoms with Crippen LogP contribution < -0.4 is 0 Å². The summed E-state index contributed by atoms with van der Waals surface area (Å²) in [6.45, 7) is 20.5. The third-order valence-electron chi connectivity index (χ3n) is 13.7. The Morgan fingerprint density at radius 3 is 2.21 bits per heavy atom. The van der Waals surface area contributed by atoms with Gasteiger partial charge in [0.15, 0.2) is 18.7 Å². The van der Waals surface area contributed by atoms with E-state index in [0.717, 1.165) is 12.0 Å². The van der Waals surface area contributed by atoms with Crippen molar-refractivity contribution in [2.75, 3.05) is 21.2 Å². The first-order valence-electron chi connectivity index (χ1n) is 21.7. The number of hydrogen-bond acceptors (Lipinski definition) is 15. The molecule has 344 valence electrons. The predicted molar refractivity (Wildman–Crippen MR) is 222 cm³/mol. The Hall–Kier alpha value is -2.67. The molecule has 4 fully saturated rings. The second kappa shape index (κ2) is 18.1. The monoisotopic (exact) mass is 879 g/mol. The minimum absolute atomic E-state index is 0.00619. The fourth-order valence-electron chi connectivity index (χ4n) is 10.4. The zero-order valence-corrected chi connectivity index (χ0v) is 39.2. The Morgan fingerprint density at radius 2 is 1.62 bits per heavy atom. The van der Waals surface area contributed by atoms with E-state index in [1.165, 1.54) is 26.2 Å². The van der Waals surface area contributed by atoms with Crippen LogP contribution in [0.25, 0.3) is 0 Å². The molecule has 0 amide bonds. The highest BCUT2D eigenvalue weighted by Gasteiger charge is 2.63. The topological polar surface area (TPSA) is 167 Å².